The van der Waals surface area contributed by atoms with Crippen molar-refractivity contribution >= 4 is 0 Å². The van der Waals surface area contributed by atoms with E-state index in [9.17, 15) is 8.78 Å². The van der Waals surface area contributed by atoms with Crippen LogP contribution in [0.2, 0.25) is 0 Å². The highest BCUT2D eigenvalue weighted by Gasteiger charge is 2.53. The van der Waals surface area contributed by atoms with Crippen molar-refractivity contribution in [3.63, 3.8) is 0 Å². The van der Waals surface area contributed by atoms with Crippen LogP contribution in [0.5, 0.6) is 0 Å². The fourth-order valence-electron chi connectivity index (χ4n) is 4.04. The Bertz CT molecular complexity index is 296. The second kappa shape index (κ2) is 4.71. The van der Waals surface area contributed by atoms with Crippen LogP contribution in [0.1, 0.15) is 26.2 Å². The monoisotopic (exact) mass is 258 g/mol. The van der Waals surface area contributed by atoms with Gasteiger partial charge in [-0.1, -0.05) is 13.3 Å². The zero-order valence-electron chi connectivity index (χ0n) is 11.2. The van der Waals surface area contributed by atoms with Gasteiger partial charge in [-0.3, -0.25) is 4.90 Å². The minimum absolute atomic E-state index is 0.0177. The summed E-state index contributed by atoms with van der Waals surface area (Å²) < 4.78 is 26.0. The minimum Gasteiger partial charge on any atom is -0.303 e. The second-order valence-corrected chi connectivity index (χ2v) is 6.40. The van der Waals surface area contributed by atoms with E-state index in [1.165, 1.54) is 19.5 Å². The van der Waals surface area contributed by atoms with Gasteiger partial charge in [-0.05, 0) is 37.3 Å². The summed E-state index contributed by atoms with van der Waals surface area (Å²) in [6.07, 6.45) is 2.44. The molecular formula is C14H24F2N2. The number of alkyl halides is 2. The molecule has 2 saturated heterocycles. The van der Waals surface area contributed by atoms with Gasteiger partial charge in [0.2, 0.25) is 0 Å². The van der Waals surface area contributed by atoms with E-state index in [0.29, 0.717) is 6.54 Å². The standard InChI is InChI=1S/C14H24F2N2/c1-2-11-12-8-18(9-13(11)12)6-3-5-17-7-4-14(15,16)10-17/h11-13H,2-10H2,1H3. The molecule has 2 unspecified atom stereocenters. The van der Waals surface area contributed by atoms with E-state index in [0.717, 1.165) is 37.3 Å². The number of piperidine rings is 1. The van der Waals surface area contributed by atoms with Crippen molar-refractivity contribution in [3.8, 4) is 0 Å². The summed E-state index contributed by atoms with van der Waals surface area (Å²) in [5.41, 5.74) is 0. The van der Waals surface area contributed by atoms with Gasteiger partial charge in [-0.15, -0.1) is 0 Å². The zero-order chi connectivity index (χ0) is 12.8. The number of likely N-dealkylation sites (tertiary alicyclic amines) is 2. The zero-order valence-corrected chi connectivity index (χ0v) is 11.2. The van der Waals surface area contributed by atoms with E-state index < -0.39 is 5.92 Å². The SMILES string of the molecule is CCC1C2CN(CCCN3CCC(F)(F)C3)CC12. The van der Waals surface area contributed by atoms with Gasteiger partial charge in [0.25, 0.3) is 5.92 Å². The van der Waals surface area contributed by atoms with Gasteiger partial charge in [-0.25, -0.2) is 8.78 Å². The summed E-state index contributed by atoms with van der Waals surface area (Å²) >= 11 is 0. The van der Waals surface area contributed by atoms with Crippen molar-refractivity contribution in [1.29, 1.82) is 0 Å². The van der Waals surface area contributed by atoms with Gasteiger partial charge in [0, 0.05) is 26.1 Å². The predicted octanol–water partition coefficient (Wildman–Crippen LogP) is 2.31. The normalized spacial score (nSPS) is 39.2. The second-order valence-electron chi connectivity index (χ2n) is 6.40. The lowest BCUT2D eigenvalue weighted by atomic mass is 10.2. The maximum absolute atomic E-state index is 13.0. The van der Waals surface area contributed by atoms with E-state index in [1.807, 2.05) is 4.90 Å². The van der Waals surface area contributed by atoms with Gasteiger partial charge in [0.05, 0.1) is 6.54 Å². The first kappa shape index (κ1) is 12.8. The Morgan fingerprint density at radius 1 is 1.11 bits per heavy atom. The third-order valence-corrected chi connectivity index (χ3v) is 5.12. The molecule has 2 atom stereocenters. The predicted molar refractivity (Wildman–Crippen MR) is 67.8 cm³/mol. The van der Waals surface area contributed by atoms with Crippen molar-refractivity contribution in [3.05, 3.63) is 0 Å². The molecule has 104 valence electrons. The fourth-order valence-corrected chi connectivity index (χ4v) is 4.04. The molecule has 0 spiro atoms. The molecule has 3 rings (SSSR count). The molecule has 0 bridgehead atoms. The van der Waals surface area contributed by atoms with Crippen LogP contribution < -0.4 is 0 Å². The Balaban J connectivity index is 1.30. The van der Waals surface area contributed by atoms with Crippen LogP contribution in [0.4, 0.5) is 8.78 Å². The number of hydrogen-bond donors (Lipinski definition) is 0. The van der Waals surface area contributed by atoms with Crippen LogP contribution in [0.15, 0.2) is 0 Å². The van der Waals surface area contributed by atoms with E-state index in [2.05, 4.69) is 11.8 Å². The lowest BCUT2D eigenvalue weighted by molar-refractivity contribution is 0.0120. The van der Waals surface area contributed by atoms with Gasteiger partial charge in [-0.2, -0.15) is 0 Å². The molecule has 18 heavy (non-hydrogen) atoms. The van der Waals surface area contributed by atoms with Gasteiger partial charge >= 0.3 is 0 Å². The molecule has 0 N–H and O–H groups in total. The van der Waals surface area contributed by atoms with E-state index >= 15 is 0 Å². The molecule has 2 aliphatic heterocycles. The lowest BCUT2D eigenvalue weighted by Crippen LogP contribution is -2.31. The van der Waals surface area contributed by atoms with E-state index in [-0.39, 0.29) is 13.0 Å². The maximum atomic E-state index is 13.0. The Morgan fingerprint density at radius 3 is 2.33 bits per heavy atom. The molecule has 2 nitrogen and oxygen atoms in total. The van der Waals surface area contributed by atoms with Gasteiger partial charge in [0.15, 0.2) is 0 Å². The van der Waals surface area contributed by atoms with Gasteiger partial charge < -0.3 is 4.90 Å². The Kier molecular flexibility index (Phi) is 3.35. The maximum Gasteiger partial charge on any atom is 0.261 e. The summed E-state index contributed by atoms with van der Waals surface area (Å²) in [7, 11) is 0. The van der Waals surface area contributed by atoms with Crippen LogP contribution >= 0.6 is 0 Å². The van der Waals surface area contributed by atoms with E-state index in [4.69, 9.17) is 0 Å². The molecule has 0 aromatic carbocycles. The highest BCUT2D eigenvalue weighted by atomic mass is 19.3. The third-order valence-electron chi connectivity index (χ3n) is 5.12. The first-order chi connectivity index (χ1) is 8.59. The largest absolute Gasteiger partial charge is 0.303 e. The minimum atomic E-state index is -2.43. The summed E-state index contributed by atoms with van der Waals surface area (Å²) in [6.45, 7) is 7.33. The molecular weight excluding hydrogens is 234 g/mol. The van der Waals surface area contributed by atoms with Crippen LogP contribution in [0.3, 0.4) is 0 Å². The summed E-state index contributed by atoms with van der Waals surface area (Å²) in [6, 6.07) is 0. The average molecular weight is 258 g/mol. The Morgan fingerprint density at radius 2 is 1.78 bits per heavy atom. The van der Waals surface area contributed by atoms with Crippen molar-refractivity contribution < 1.29 is 8.78 Å². The smallest absolute Gasteiger partial charge is 0.261 e. The first-order valence-corrected chi connectivity index (χ1v) is 7.41. The Labute approximate surface area is 108 Å². The van der Waals surface area contributed by atoms with Crippen LogP contribution in [0.25, 0.3) is 0 Å². The molecule has 3 fully saturated rings. The van der Waals surface area contributed by atoms with Crippen LogP contribution in [-0.4, -0.2) is 55.0 Å². The molecule has 3 aliphatic rings. The molecule has 1 aliphatic carbocycles. The molecule has 4 heteroatoms. The lowest BCUT2D eigenvalue weighted by Gasteiger charge is -2.21. The fraction of sp³-hybridized carbons (Fsp3) is 1.00. The number of fused-ring (bicyclic) bond motifs is 1. The molecule has 0 amide bonds. The third kappa shape index (κ3) is 2.55. The van der Waals surface area contributed by atoms with Crippen molar-refractivity contribution in [2.75, 3.05) is 39.3 Å². The number of halogens is 2. The Hall–Kier alpha value is -0.220. The molecule has 1 saturated carbocycles. The van der Waals surface area contributed by atoms with Gasteiger partial charge in [0.1, 0.15) is 0 Å². The topological polar surface area (TPSA) is 6.48 Å². The molecule has 0 aromatic rings. The number of rotatable bonds is 5. The number of hydrogen-bond acceptors (Lipinski definition) is 2. The van der Waals surface area contributed by atoms with Crippen molar-refractivity contribution in [2.24, 2.45) is 17.8 Å². The summed E-state index contributed by atoms with van der Waals surface area (Å²) in [5.74, 6) is 0.500. The summed E-state index contributed by atoms with van der Waals surface area (Å²) in [4.78, 5) is 4.46. The quantitative estimate of drug-likeness (QED) is 0.746. The van der Waals surface area contributed by atoms with E-state index in [1.54, 1.807) is 0 Å². The highest BCUT2D eigenvalue weighted by molar-refractivity contribution is 5.04. The average Bonchev–Trinajstić information content (AvgIpc) is 2.67. The first-order valence-electron chi connectivity index (χ1n) is 7.41. The van der Waals surface area contributed by atoms with Crippen molar-refractivity contribution in [2.45, 2.75) is 32.1 Å². The summed E-state index contributed by atoms with van der Waals surface area (Å²) in [5, 5.41) is 0. The number of nitrogens with zero attached hydrogens (tertiary/aromatic N) is 2. The molecule has 0 aromatic heterocycles. The van der Waals surface area contributed by atoms with Crippen LogP contribution in [-0.2, 0) is 0 Å². The van der Waals surface area contributed by atoms with Crippen LogP contribution in [0, 0.1) is 17.8 Å². The molecule has 2 heterocycles. The molecule has 0 radical (unpaired) electrons. The highest BCUT2D eigenvalue weighted by Crippen LogP contribution is 2.53. The van der Waals surface area contributed by atoms with Crippen molar-refractivity contribution in [1.82, 2.24) is 9.80 Å².